The van der Waals surface area contributed by atoms with Gasteiger partial charge in [0.2, 0.25) is 0 Å². The van der Waals surface area contributed by atoms with E-state index in [-0.39, 0.29) is 24.0 Å². The molecule has 1 aliphatic rings. The van der Waals surface area contributed by atoms with Crippen LogP contribution >= 0.6 is 24.0 Å². The fraction of sp³-hybridized carbons (Fsp3) is 1.00. The van der Waals surface area contributed by atoms with Gasteiger partial charge in [0.25, 0.3) is 0 Å². The van der Waals surface area contributed by atoms with Crippen LogP contribution in [-0.2, 0) is 0 Å². The van der Waals surface area contributed by atoms with E-state index in [0.29, 0.717) is 0 Å². The highest BCUT2D eigenvalue weighted by molar-refractivity contribution is 14.0. The van der Waals surface area contributed by atoms with Crippen LogP contribution in [0.25, 0.3) is 0 Å². The Bertz CT molecular complexity index is 59.9. The second-order valence-corrected chi connectivity index (χ2v) is 2.55. The first-order valence-electron chi connectivity index (χ1n) is 3.66. The maximum atomic E-state index is 2.54. The first-order valence-corrected chi connectivity index (χ1v) is 3.66. The molecule has 1 nitrogen and oxygen atoms in total. The van der Waals surface area contributed by atoms with Crippen LogP contribution in [0.15, 0.2) is 0 Å². The summed E-state index contributed by atoms with van der Waals surface area (Å²) in [4.78, 5) is 2.54. The second kappa shape index (κ2) is 5.47. The van der Waals surface area contributed by atoms with Crippen LogP contribution < -0.4 is 0 Å². The van der Waals surface area contributed by atoms with Crippen molar-refractivity contribution in [3.05, 3.63) is 0 Å². The molecule has 0 aromatic rings. The minimum Gasteiger partial charge on any atom is -0.303 e. The zero-order valence-corrected chi connectivity index (χ0v) is 8.43. The summed E-state index contributed by atoms with van der Waals surface area (Å²) in [6.07, 6.45) is 4.18. The summed E-state index contributed by atoms with van der Waals surface area (Å²) in [6.45, 7) is 6.28. The lowest BCUT2D eigenvalue weighted by Gasteiger charge is -2.11. The second-order valence-electron chi connectivity index (χ2n) is 2.55. The van der Waals surface area contributed by atoms with Crippen molar-refractivity contribution in [1.29, 1.82) is 0 Å². The first-order chi connectivity index (χ1) is 3.93. The van der Waals surface area contributed by atoms with Gasteiger partial charge in [0.1, 0.15) is 0 Å². The Morgan fingerprint density at radius 3 is 2.22 bits per heavy atom. The van der Waals surface area contributed by atoms with E-state index in [4.69, 9.17) is 0 Å². The van der Waals surface area contributed by atoms with Crippen LogP contribution in [0.5, 0.6) is 0 Å². The van der Waals surface area contributed by atoms with E-state index in [1.165, 1.54) is 38.9 Å². The summed E-state index contributed by atoms with van der Waals surface area (Å²) >= 11 is 0. The van der Waals surface area contributed by atoms with Crippen molar-refractivity contribution in [2.24, 2.45) is 0 Å². The van der Waals surface area contributed by atoms with Crippen molar-refractivity contribution in [2.75, 3.05) is 19.6 Å². The molecule has 1 rings (SSSR count). The van der Waals surface area contributed by atoms with Crippen LogP contribution in [0, 0.1) is 0 Å². The third-order valence-corrected chi connectivity index (χ3v) is 1.74. The fourth-order valence-corrected chi connectivity index (χ4v) is 1.32. The van der Waals surface area contributed by atoms with Gasteiger partial charge in [0, 0.05) is 0 Å². The van der Waals surface area contributed by atoms with Gasteiger partial charge in [0.05, 0.1) is 0 Å². The van der Waals surface area contributed by atoms with Crippen LogP contribution in [-0.4, -0.2) is 24.5 Å². The highest BCUT2D eigenvalue weighted by Gasteiger charge is 2.08. The molecule has 9 heavy (non-hydrogen) atoms. The number of halogens is 1. The van der Waals surface area contributed by atoms with Crippen LogP contribution in [0.2, 0.25) is 0 Å². The van der Waals surface area contributed by atoms with E-state index >= 15 is 0 Å². The molecule has 1 saturated heterocycles. The Morgan fingerprint density at radius 2 is 1.78 bits per heavy atom. The molecule has 0 aromatic carbocycles. The van der Waals surface area contributed by atoms with Crippen molar-refractivity contribution >= 4 is 24.0 Å². The summed E-state index contributed by atoms with van der Waals surface area (Å²) in [5.41, 5.74) is 0. The average Bonchev–Trinajstić information content (AvgIpc) is 2.19. The molecule has 0 N–H and O–H groups in total. The zero-order chi connectivity index (χ0) is 5.82. The predicted octanol–water partition coefficient (Wildman–Crippen LogP) is 2.11. The minimum absolute atomic E-state index is 0. The smallest absolute Gasteiger partial charge is 0.00183 e. The Hall–Kier alpha value is 0.690. The van der Waals surface area contributed by atoms with E-state index in [2.05, 4.69) is 11.8 Å². The lowest BCUT2D eigenvalue weighted by molar-refractivity contribution is 0.339. The summed E-state index contributed by atoms with van der Waals surface area (Å²) in [5, 5.41) is 0. The van der Waals surface area contributed by atoms with Gasteiger partial charge in [-0.25, -0.2) is 0 Å². The van der Waals surface area contributed by atoms with Gasteiger partial charge in [-0.15, -0.1) is 24.0 Å². The van der Waals surface area contributed by atoms with Crippen molar-refractivity contribution in [2.45, 2.75) is 26.2 Å². The quantitative estimate of drug-likeness (QED) is 0.669. The minimum atomic E-state index is 0. The maximum Gasteiger partial charge on any atom is -0.00183 e. The molecular weight excluding hydrogens is 225 g/mol. The van der Waals surface area contributed by atoms with Gasteiger partial charge in [-0.2, -0.15) is 0 Å². The molecule has 2 heteroatoms. The molecule has 0 bridgehead atoms. The predicted molar refractivity (Wildman–Crippen MR) is 51.4 cm³/mol. The van der Waals surface area contributed by atoms with Gasteiger partial charge >= 0.3 is 0 Å². The highest BCUT2D eigenvalue weighted by Crippen LogP contribution is 2.06. The lowest BCUT2D eigenvalue weighted by atomic mass is 10.4. The molecule has 0 atom stereocenters. The van der Waals surface area contributed by atoms with E-state index in [0.717, 1.165) is 0 Å². The van der Waals surface area contributed by atoms with Gasteiger partial charge in [0.15, 0.2) is 0 Å². The Kier molecular flexibility index (Phi) is 5.89. The van der Waals surface area contributed by atoms with Crippen molar-refractivity contribution in [3.63, 3.8) is 0 Å². The maximum absolute atomic E-state index is 2.54. The largest absolute Gasteiger partial charge is 0.303 e. The first kappa shape index (κ1) is 9.69. The van der Waals surface area contributed by atoms with E-state index in [9.17, 15) is 0 Å². The molecule has 0 spiro atoms. The number of likely N-dealkylation sites (tertiary alicyclic amines) is 1. The van der Waals surface area contributed by atoms with Crippen LogP contribution in [0.3, 0.4) is 0 Å². The zero-order valence-electron chi connectivity index (χ0n) is 6.10. The molecule has 0 unspecified atom stereocenters. The Labute approximate surface area is 74.8 Å². The number of hydrogen-bond donors (Lipinski definition) is 0. The topological polar surface area (TPSA) is 3.24 Å². The Balaban J connectivity index is 0.000000640. The average molecular weight is 241 g/mol. The van der Waals surface area contributed by atoms with Crippen LogP contribution in [0.1, 0.15) is 26.2 Å². The standard InChI is InChI=1S/C7H15N.HI/c1-2-5-8-6-3-4-7-8;/h2-7H2,1H3;1H. The monoisotopic (exact) mass is 241 g/mol. The lowest BCUT2D eigenvalue weighted by Crippen LogP contribution is -2.19. The van der Waals surface area contributed by atoms with Crippen LogP contribution in [0.4, 0.5) is 0 Å². The molecular formula is C7H16IN. The van der Waals surface area contributed by atoms with Crippen molar-refractivity contribution in [3.8, 4) is 0 Å². The summed E-state index contributed by atoms with van der Waals surface area (Å²) in [6, 6.07) is 0. The molecule has 1 fully saturated rings. The SMILES string of the molecule is CCCN1CCCC1.I. The van der Waals surface area contributed by atoms with Crippen molar-refractivity contribution < 1.29 is 0 Å². The highest BCUT2D eigenvalue weighted by atomic mass is 127. The molecule has 0 amide bonds. The van der Waals surface area contributed by atoms with E-state index in [1.54, 1.807) is 0 Å². The van der Waals surface area contributed by atoms with Gasteiger partial charge in [-0.05, 0) is 38.9 Å². The number of rotatable bonds is 2. The molecule has 1 heterocycles. The fourth-order valence-electron chi connectivity index (χ4n) is 1.32. The number of nitrogens with zero attached hydrogens (tertiary/aromatic N) is 1. The third-order valence-electron chi connectivity index (χ3n) is 1.74. The molecule has 0 aliphatic carbocycles. The van der Waals surface area contributed by atoms with Crippen molar-refractivity contribution in [1.82, 2.24) is 4.90 Å². The molecule has 0 radical (unpaired) electrons. The van der Waals surface area contributed by atoms with Gasteiger partial charge in [-0.1, -0.05) is 6.92 Å². The molecule has 0 saturated carbocycles. The summed E-state index contributed by atoms with van der Waals surface area (Å²) in [7, 11) is 0. The molecule has 56 valence electrons. The van der Waals surface area contributed by atoms with E-state index in [1.807, 2.05) is 0 Å². The normalized spacial score (nSPS) is 19.7. The van der Waals surface area contributed by atoms with E-state index < -0.39 is 0 Å². The Morgan fingerprint density at radius 1 is 1.22 bits per heavy atom. The number of hydrogen-bond acceptors (Lipinski definition) is 1. The third kappa shape index (κ3) is 3.40. The molecule has 1 aliphatic heterocycles. The van der Waals surface area contributed by atoms with Gasteiger partial charge in [-0.3, -0.25) is 0 Å². The summed E-state index contributed by atoms with van der Waals surface area (Å²) < 4.78 is 0. The molecule has 0 aromatic heterocycles. The van der Waals surface area contributed by atoms with Gasteiger partial charge < -0.3 is 4.90 Å². The summed E-state index contributed by atoms with van der Waals surface area (Å²) in [5.74, 6) is 0.